The lowest BCUT2D eigenvalue weighted by atomic mass is 10.1. The highest BCUT2D eigenvalue weighted by Gasteiger charge is 2.26. The zero-order valence-electron chi connectivity index (χ0n) is 12.6. The van der Waals surface area contributed by atoms with Gasteiger partial charge in [0.1, 0.15) is 0 Å². The van der Waals surface area contributed by atoms with E-state index >= 15 is 0 Å². The molecule has 1 aliphatic heterocycles. The second kappa shape index (κ2) is 5.58. The Morgan fingerprint density at radius 3 is 2.75 bits per heavy atom. The van der Waals surface area contributed by atoms with Gasteiger partial charge in [0.2, 0.25) is 0 Å². The molecule has 0 aromatic heterocycles. The van der Waals surface area contributed by atoms with Crippen LogP contribution in [0.25, 0.3) is 0 Å². The number of Topliss-reactive ketones (excluding diaryl/α,β-unsaturated/α-hetero) is 1. The van der Waals surface area contributed by atoms with E-state index in [1.54, 1.807) is 18.2 Å². The Morgan fingerprint density at radius 2 is 1.92 bits per heavy atom. The molecule has 2 aromatic carbocycles. The van der Waals surface area contributed by atoms with Crippen LogP contribution < -0.4 is 4.72 Å². The molecule has 1 aliphatic carbocycles. The maximum Gasteiger partial charge on any atom is 0.262 e. The van der Waals surface area contributed by atoms with Gasteiger partial charge in [0.25, 0.3) is 10.0 Å². The van der Waals surface area contributed by atoms with Crippen LogP contribution in [-0.2, 0) is 34.4 Å². The Hall–Kier alpha value is -1.89. The molecule has 0 spiro atoms. The number of anilines is 1. The first kappa shape index (κ1) is 15.6. The van der Waals surface area contributed by atoms with Gasteiger partial charge in [-0.15, -0.1) is 0 Å². The smallest absolute Gasteiger partial charge is 0.262 e. The third-order valence-corrected chi connectivity index (χ3v) is 6.15. The Labute approximate surface area is 144 Å². The fourth-order valence-electron chi connectivity index (χ4n) is 3.17. The second-order valence-electron chi connectivity index (χ2n) is 5.90. The first-order valence-electron chi connectivity index (χ1n) is 7.52. The lowest BCUT2D eigenvalue weighted by molar-refractivity contribution is 0.0994. The molecule has 124 valence electrons. The van der Waals surface area contributed by atoms with Crippen LogP contribution >= 0.6 is 11.6 Å². The number of fused-ring (bicyclic) bond motifs is 2. The third-order valence-electron chi connectivity index (χ3n) is 4.38. The number of nitrogens with one attached hydrogen (secondary N) is 1. The summed E-state index contributed by atoms with van der Waals surface area (Å²) in [6.45, 7) is 0.676. The van der Waals surface area contributed by atoms with Gasteiger partial charge in [-0.3, -0.25) is 9.52 Å². The molecule has 0 saturated heterocycles. The first-order chi connectivity index (χ1) is 11.5. The maximum absolute atomic E-state index is 12.8. The van der Waals surface area contributed by atoms with Crippen molar-refractivity contribution in [3.8, 4) is 0 Å². The number of sulfonamides is 1. The van der Waals surface area contributed by atoms with Gasteiger partial charge < -0.3 is 4.74 Å². The zero-order chi connectivity index (χ0) is 16.9. The van der Waals surface area contributed by atoms with Crippen molar-refractivity contribution < 1.29 is 17.9 Å². The van der Waals surface area contributed by atoms with Crippen molar-refractivity contribution in [2.75, 3.05) is 4.72 Å². The van der Waals surface area contributed by atoms with Gasteiger partial charge in [0.15, 0.2) is 5.78 Å². The molecule has 4 rings (SSSR count). The molecule has 5 nitrogen and oxygen atoms in total. The van der Waals surface area contributed by atoms with Gasteiger partial charge in [-0.1, -0.05) is 23.7 Å². The van der Waals surface area contributed by atoms with E-state index in [4.69, 9.17) is 16.3 Å². The predicted molar refractivity (Wildman–Crippen MR) is 89.8 cm³/mol. The van der Waals surface area contributed by atoms with Crippen molar-refractivity contribution in [1.82, 2.24) is 0 Å². The van der Waals surface area contributed by atoms with Gasteiger partial charge in [0, 0.05) is 17.5 Å². The Morgan fingerprint density at radius 1 is 1.08 bits per heavy atom. The molecule has 0 atom stereocenters. The minimum atomic E-state index is -3.82. The Kier molecular flexibility index (Phi) is 3.63. The molecule has 0 bridgehead atoms. The SMILES string of the molecule is O=C1CCc2cc(Cl)c(NS(=O)(=O)c3cccc4c3COC4)cc21. The molecule has 0 radical (unpaired) electrons. The molecule has 1 N–H and O–H groups in total. The van der Waals surface area contributed by atoms with Crippen LogP contribution in [0.15, 0.2) is 35.2 Å². The van der Waals surface area contributed by atoms with E-state index < -0.39 is 10.0 Å². The van der Waals surface area contributed by atoms with Gasteiger partial charge in [-0.25, -0.2) is 8.42 Å². The van der Waals surface area contributed by atoms with E-state index in [2.05, 4.69) is 4.72 Å². The Balaban J connectivity index is 1.75. The normalized spacial score (nSPS) is 16.1. The Bertz CT molecular complexity index is 969. The van der Waals surface area contributed by atoms with Crippen LogP contribution in [0.5, 0.6) is 0 Å². The summed E-state index contributed by atoms with van der Waals surface area (Å²) in [4.78, 5) is 12.1. The maximum atomic E-state index is 12.8. The molecular formula is C17H14ClNO4S. The summed E-state index contributed by atoms with van der Waals surface area (Å²) in [5.74, 6) is 0.0103. The summed E-state index contributed by atoms with van der Waals surface area (Å²) in [5.41, 5.74) is 3.16. The number of ether oxygens (including phenoxy) is 1. The van der Waals surface area contributed by atoms with Crippen LogP contribution in [0.2, 0.25) is 5.02 Å². The van der Waals surface area contributed by atoms with Crippen molar-refractivity contribution in [2.45, 2.75) is 31.0 Å². The predicted octanol–water partition coefficient (Wildman–Crippen LogP) is 3.30. The molecule has 7 heteroatoms. The van der Waals surface area contributed by atoms with Crippen molar-refractivity contribution in [3.05, 3.63) is 57.6 Å². The average Bonchev–Trinajstić information content (AvgIpc) is 3.14. The van der Waals surface area contributed by atoms with E-state index in [9.17, 15) is 13.2 Å². The zero-order valence-corrected chi connectivity index (χ0v) is 14.2. The summed E-state index contributed by atoms with van der Waals surface area (Å²) in [7, 11) is -3.82. The summed E-state index contributed by atoms with van der Waals surface area (Å²) < 4.78 is 33.4. The molecule has 0 amide bonds. The fraction of sp³-hybridized carbons (Fsp3) is 0.235. The third kappa shape index (κ3) is 2.51. The average molecular weight is 364 g/mol. The number of carbonyl (C=O) groups excluding carboxylic acids is 1. The van der Waals surface area contributed by atoms with Crippen LogP contribution in [0.4, 0.5) is 5.69 Å². The van der Waals surface area contributed by atoms with Gasteiger partial charge in [-0.05, 0) is 35.7 Å². The number of rotatable bonds is 3. The number of benzene rings is 2. The first-order valence-corrected chi connectivity index (χ1v) is 9.39. The van der Waals surface area contributed by atoms with E-state index in [0.29, 0.717) is 30.6 Å². The van der Waals surface area contributed by atoms with Crippen LogP contribution in [0, 0.1) is 0 Å². The number of hydrogen-bond acceptors (Lipinski definition) is 4. The van der Waals surface area contributed by atoms with Crippen molar-refractivity contribution in [3.63, 3.8) is 0 Å². The quantitative estimate of drug-likeness (QED) is 0.908. The molecular weight excluding hydrogens is 350 g/mol. The molecule has 0 unspecified atom stereocenters. The van der Waals surface area contributed by atoms with Crippen molar-refractivity contribution >= 4 is 33.1 Å². The molecule has 2 aromatic rings. The number of carbonyl (C=O) groups is 1. The van der Waals surface area contributed by atoms with Gasteiger partial charge in [-0.2, -0.15) is 0 Å². The molecule has 24 heavy (non-hydrogen) atoms. The van der Waals surface area contributed by atoms with Crippen LogP contribution in [0.3, 0.4) is 0 Å². The lowest BCUT2D eigenvalue weighted by Gasteiger charge is -2.13. The largest absolute Gasteiger partial charge is 0.372 e. The number of halogens is 1. The summed E-state index contributed by atoms with van der Waals surface area (Å²) in [5, 5.41) is 0.288. The van der Waals surface area contributed by atoms with Crippen molar-refractivity contribution in [2.24, 2.45) is 0 Å². The number of ketones is 1. The lowest BCUT2D eigenvalue weighted by Crippen LogP contribution is -2.15. The minimum Gasteiger partial charge on any atom is -0.372 e. The van der Waals surface area contributed by atoms with E-state index in [1.807, 2.05) is 6.07 Å². The van der Waals surface area contributed by atoms with E-state index in [1.165, 1.54) is 6.07 Å². The monoisotopic (exact) mass is 363 g/mol. The number of hydrogen-bond donors (Lipinski definition) is 1. The summed E-state index contributed by atoms with van der Waals surface area (Å²) in [6, 6.07) is 8.28. The highest BCUT2D eigenvalue weighted by atomic mass is 35.5. The summed E-state index contributed by atoms with van der Waals surface area (Å²) >= 11 is 6.20. The molecule has 1 heterocycles. The molecule has 2 aliphatic rings. The molecule has 0 saturated carbocycles. The highest BCUT2D eigenvalue weighted by Crippen LogP contribution is 2.34. The standard InChI is InChI=1S/C17H14ClNO4S/c18-14-6-10-4-5-16(20)12(10)7-15(14)19-24(21,22)17-3-1-2-11-8-23-9-13(11)17/h1-3,6-7,19H,4-5,8-9H2. The highest BCUT2D eigenvalue weighted by molar-refractivity contribution is 7.92. The second-order valence-corrected chi connectivity index (χ2v) is 7.96. The van der Waals surface area contributed by atoms with E-state index in [0.717, 1.165) is 11.1 Å². The van der Waals surface area contributed by atoms with Crippen molar-refractivity contribution in [1.29, 1.82) is 0 Å². The van der Waals surface area contributed by atoms with Gasteiger partial charge in [0.05, 0.1) is 28.8 Å². The topological polar surface area (TPSA) is 72.5 Å². The minimum absolute atomic E-state index is 0.0103. The van der Waals surface area contributed by atoms with Crippen LogP contribution in [-0.4, -0.2) is 14.2 Å². The summed E-state index contributed by atoms with van der Waals surface area (Å²) in [6.07, 6.45) is 1.08. The fourth-order valence-corrected chi connectivity index (χ4v) is 4.80. The molecule has 0 fully saturated rings. The van der Waals surface area contributed by atoms with Gasteiger partial charge >= 0.3 is 0 Å². The van der Waals surface area contributed by atoms with Crippen LogP contribution in [0.1, 0.15) is 33.5 Å². The number of aryl methyl sites for hydroxylation is 1. The van der Waals surface area contributed by atoms with E-state index in [-0.39, 0.29) is 28.0 Å².